The second-order valence-corrected chi connectivity index (χ2v) is 3.74. The molecule has 0 saturated carbocycles. The molecule has 0 bridgehead atoms. The summed E-state index contributed by atoms with van der Waals surface area (Å²) in [5.74, 6) is 0. The monoisotopic (exact) mass is 189 g/mol. The standard InChI is InChI=1S/C9H19NO3/c1-2-3-4-10-5-7(11)9(13)8(12)6-10/h7-9,11-13H,2-6H2,1H3/t7-,8-/m0/s1. The van der Waals surface area contributed by atoms with Gasteiger partial charge in [0.25, 0.3) is 0 Å². The normalized spacial score (nSPS) is 32.3. The Bertz CT molecular complexity index is 142. The summed E-state index contributed by atoms with van der Waals surface area (Å²) in [6, 6.07) is 0. The summed E-state index contributed by atoms with van der Waals surface area (Å²) >= 11 is 0. The van der Waals surface area contributed by atoms with Crippen molar-refractivity contribution in [2.75, 3.05) is 19.6 Å². The molecular weight excluding hydrogens is 170 g/mol. The molecule has 13 heavy (non-hydrogen) atoms. The molecule has 0 aliphatic carbocycles. The van der Waals surface area contributed by atoms with Crippen LogP contribution < -0.4 is 0 Å². The maximum atomic E-state index is 9.37. The van der Waals surface area contributed by atoms with Crippen LogP contribution in [-0.4, -0.2) is 58.2 Å². The third kappa shape index (κ3) is 2.91. The molecule has 4 heteroatoms. The molecule has 0 radical (unpaired) electrons. The first kappa shape index (κ1) is 10.9. The molecule has 1 saturated heterocycles. The highest BCUT2D eigenvalue weighted by Crippen LogP contribution is 2.12. The number of β-amino-alcohol motifs (C(OH)–C–C–N with tert-alkyl or cyclic N) is 2. The van der Waals surface area contributed by atoms with Crippen LogP contribution in [0.15, 0.2) is 0 Å². The van der Waals surface area contributed by atoms with E-state index in [4.69, 9.17) is 0 Å². The van der Waals surface area contributed by atoms with Crippen LogP contribution >= 0.6 is 0 Å². The average Bonchev–Trinajstić information content (AvgIpc) is 2.10. The van der Waals surface area contributed by atoms with Gasteiger partial charge >= 0.3 is 0 Å². The van der Waals surface area contributed by atoms with Gasteiger partial charge in [-0.1, -0.05) is 13.3 Å². The van der Waals surface area contributed by atoms with Crippen LogP contribution in [0.1, 0.15) is 19.8 Å². The fourth-order valence-corrected chi connectivity index (χ4v) is 1.64. The first-order chi connectivity index (χ1) is 6.15. The largest absolute Gasteiger partial charge is 0.389 e. The van der Waals surface area contributed by atoms with Crippen LogP contribution in [0, 0.1) is 0 Å². The van der Waals surface area contributed by atoms with E-state index in [1.54, 1.807) is 0 Å². The molecule has 0 aromatic rings. The van der Waals surface area contributed by atoms with Gasteiger partial charge in [0.2, 0.25) is 0 Å². The summed E-state index contributed by atoms with van der Waals surface area (Å²) in [6.45, 7) is 3.93. The molecule has 2 atom stereocenters. The van der Waals surface area contributed by atoms with Gasteiger partial charge in [0.05, 0.1) is 12.2 Å². The molecule has 1 aliphatic heterocycles. The highest BCUT2D eigenvalue weighted by molar-refractivity contribution is 4.85. The van der Waals surface area contributed by atoms with Gasteiger partial charge in [0, 0.05) is 13.1 Å². The maximum Gasteiger partial charge on any atom is 0.108 e. The summed E-state index contributed by atoms with van der Waals surface area (Å²) in [4.78, 5) is 1.99. The van der Waals surface area contributed by atoms with Crippen LogP contribution in [-0.2, 0) is 0 Å². The fourth-order valence-electron chi connectivity index (χ4n) is 1.64. The summed E-state index contributed by atoms with van der Waals surface area (Å²) in [6.07, 6.45) is -0.417. The summed E-state index contributed by atoms with van der Waals surface area (Å²) < 4.78 is 0. The van der Waals surface area contributed by atoms with E-state index < -0.39 is 18.3 Å². The van der Waals surface area contributed by atoms with Crippen LogP contribution in [0.25, 0.3) is 0 Å². The predicted molar refractivity (Wildman–Crippen MR) is 49.4 cm³/mol. The van der Waals surface area contributed by atoms with E-state index >= 15 is 0 Å². The Hall–Kier alpha value is -0.160. The minimum absolute atomic E-state index is 0.470. The first-order valence-electron chi connectivity index (χ1n) is 4.91. The second kappa shape index (κ2) is 4.91. The van der Waals surface area contributed by atoms with Gasteiger partial charge in [-0.2, -0.15) is 0 Å². The lowest BCUT2D eigenvalue weighted by Crippen LogP contribution is -2.55. The Balaban J connectivity index is 2.35. The number of nitrogens with zero attached hydrogens (tertiary/aromatic N) is 1. The SMILES string of the molecule is CCCCN1C[C@H](O)C(O)[C@@H](O)C1. The average molecular weight is 189 g/mol. The molecular formula is C9H19NO3. The number of hydrogen-bond acceptors (Lipinski definition) is 4. The molecule has 4 nitrogen and oxygen atoms in total. The van der Waals surface area contributed by atoms with Crippen molar-refractivity contribution in [3.8, 4) is 0 Å². The van der Waals surface area contributed by atoms with Crippen molar-refractivity contribution in [1.82, 2.24) is 4.90 Å². The minimum Gasteiger partial charge on any atom is -0.389 e. The number of rotatable bonds is 3. The molecule has 1 heterocycles. The third-order valence-corrected chi connectivity index (χ3v) is 2.51. The van der Waals surface area contributed by atoms with Crippen molar-refractivity contribution >= 4 is 0 Å². The Labute approximate surface area is 78.8 Å². The van der Waals surface area contributed by atoms with Gasteiger partial charge < -0.3 is 15.3 Å². The molecule has 0 amide bonds. The van der Waals surface area contributed by atoms with Gasteiger partial charge in [0.15, 0.2) is 0 Å². The van der Waals surface area contributed by atoms with Gasteiger partial charge in [-0.25, -0.2) is 0 Å². The molecule has 1 rings (SSSR count). The molecule has 1 fully saturated rings. The second-order valence-electron chi connectivity index (χ2n) is 3.74. The Morgan fingerprint density at radius 3 is 2.15 bits per heavy atom. The van der Waals surface area contributed by atoms with Crippen molar-refractivity contribution in [3.05, 3.63) is 0 Å². The Kier molecular flexibility index (Phi) is 4.12. The van der Waals surface area contributed by atoms with E-state index in [1.807, 2.05) is 4.90 Å². The minimum atomic E-state index is -0.974. The topological polar surface area (TPSA) is 63.9 Å². The molecule has 1 aliphatic rings. The number of unbranched alkanes of at least 4 members (excludes halogenated alkanes) is 1. The molecule has 78 valence electrons. The lowest BCUT2D eigenvalue weighted by Gasteiger charge is -2.36. The van der Waals surface area contributed by atoms with Gasteiger partial charge in [-0.3, -0.25) is 4.90 Å². The quantitative estimate of drug-likeness (QED) is 0.543. The fraction of sp³-hybridized carbons (Fsp3) is 1.00. The summed E-state index contributed by atoms with van der Waals surface area (Å²) in [5, 5.41) is 28.0. The number of likely N-dealkylation sites (tertiary alicyclic amines) is 1. The third-order valence-electron chi connectivity index (χ3n) is 2.51. The summed E-state index contributed by atoms with van der Waals surface area (Å²) in [7, 11) is 0. The van der Waals surface area contributed by atoms with Gasteiger partial charge in [0.1, 0.15) is 6.10 Å². The van der Waals surface area contributed by atoms with Gasteiger partial charge in [-0.05, 0) is 13.0 Å². The van der Waals surface area contributed by atoms with E-state index in [1.165, 1.54) is 0 Å². The van der Waals surface area contributed by atoms with Crippen molar-refractivity contribution in [2.45, 2.75) is 38.1 Å². The number of aliphatic hydroxyl groups is 3. The molecule has 0 aromatic carbocycles. The van der Waals surface area contributed by atoms with E-state index in [-0.39, 0.29) is 0 Å². The first-order valence-corrected chi connectivity index (χ1v) is 4.91. The zero-order chi connectivity index (χ0) is 9.84. The summed E-state index contributed by atoms with van der Waals surface area (Å²) in [5.41, 5.74) is 0. The number of aliphatic hydroxyl groups excluding tert-OH is 3. The molecule has 0 aromatic heterocycles. The van der Waals surface area contributed by atoms with Crippen LogP contribution in [0.4, 0.5) is 0 Å². The Morgan fingerprint density at radius 1 is 1.15 bits per heavy atom. The van der Waals surface area contributed by atoms with Crippen molar-refractivity contribution < 1.29 is 15.3 Å². The maximum absolute atomic E-state index is 9.37. The zero-order valence-electron chi connectivity index (χ0n) is 8.06. The predicted octanol–water partition coefficient (Wildman–Crippen LogP) is -0.815. The van der Waals surface area contributed by atoms with Gasteiger partial charge in [-0.15, -0.1) is 0 Å². The molecule has 0 spiro atoms. The lowest BCUT2D eigenvalue weighted by atomic mass is 10.0. The molecule has 0 unspecified atom stereocenters. The molecule has 3 N–H and O–H groups in total. The lowest BCUT2D eigenvalue weighted by molar-refractivity contribution is -0.109. The van der Waals surface area contributed by atoms with E-state index in [0.29, 0.717) is 13.1 Å². The smallest absolute Gasteiger partial charge is 0.108 e. The number of hydrogen-bond donors (Lipinski definition) is 3. The van der Waals surface area contributed by atoms with Crippen LogP contribution in [0.5, 0.6) is 0 Å². The Morgan fingerprint density at radius 2 is 1.69 bits per heavy atom. The zero-order valence-corrected chi connectivity index (χ0v) is 8.06. The van der Waals surface area contributed by atoms with E-state index in [0.717, 1.165) is 19.4 Å². The van der Waals surface area contributed by atoms with E-state index in [2.05, 4.69) is 6.92 Å². The highest BCUT2D eigenvalue weighted by Gasteiger charge is 2.32. The van der Waals surface area contributed by atoms with Crippen molar-refractivity contribution in [2.24, 2.45) is 0 Å². The van der Waals surface area contributed by atoms with Crippen LogP contribution in [0.2, 0.25) is 0 Å². The van der Waals surface area contributed by atoms with Crippen molar-refractivity contribution in [1.29, 1.82) is 0 Å². The van der Waals surface area contributed by atoms with E-state index in [9.17, 15) is 15.3 Å². The number of piperidine rings is 1. The van der Waals surface area contributed by atoms with Crippen LogP contribution in [0.3, 0.4) is 0 Å². The van der Waals surface area contributed by atoms with Crippen molar-refractivity contribution in [3.63, 3.8) is 0 Å². The highest BCUT2D eigenvalue weighted by atomic mass is 16.4.